The molecule has 0 bridgehead atoms. The predicted octanol–water partition coefficient (Wildman–Crippen LogP) is 3.96. The van der Waals surface area contributed by atoms with Crippen molar-refractivity contribution in [2.45, 2.75) is 25.2 Å². The molecule has 0 unspecified atom stereocenters. The van der Waals surface area contributed by atoms with Crippen molar-refractivity contribution in [3.05, 3.63) is 66.0 Å². The minimum Gasteiger partial charge on any atom is -0.323 e. The zero-order valence-electron chi connectivity index (χ0n) is 16.4. The van der Waals surface area contributed by atoms with Gasteiger partial charge in [0.05, 0.1) is 34.2 Å². The van der Waals surface area contributed by atoms with Gasteiger partial charge in [0.15, 0.2) is 0 Å². The molecular formula is C22H22N4O2S. The van der Waals surface area contributed by atoms with Gasteiger partial charge in [-0.25, -0.2) is 4.68 Å². The first kappa shape index (κ1) is 19.3. The fourth-order valence-electron chi connectivity index (χ4n) is 3.46. The van der Waals surface area contributed by atoms with Gasteiger partial charge >= 0.3 is 0 Å². The van der Waals surface area contributed by atoms with Crippen molar-refractivity contribution in [2.75, 3.05) is 22.5 Å². The molecule has 0 atom stereocenters. The number of hydrogen-bond donors (Lipinski definition) is 1. The van der Waals surface area contributed by atoms with Crippen molar-refractivity contribution in [1.29, 1.82) is 0 Å². The van der Waals surface area contributed by atoms with Crippen LogP contribution in [0.25, 0.3) is 5.69 Å². The van der Waals surface area contributed by atoms with Crippen LogP contribution >= 0.6 is 11.8 Å². The molecule has 0 aliphatic carbocycles. The molecule has 7 heteroatoms. The fourth-order valence-corrected chi connectivity index (χ4v) is 4.39. The molecule has 2 heterocycles. The lowest BCUT2D eigenvalue weighted by atomic mass is 10.2. The maximum absolute atomic E-state index is 12.6. The number of fused-ring (bicyclic) bond motifs is 1. The van der Waals surface area contributed by atoms with E-state index in [1.54, 1.807) is 4.90 Å². The second-order valence-electron chi connectivity index (χ2n) is 6.89. The highest BCUT2D eigenvalue weighted by Gasteiger charge is 2.25. The third-order valence-electron chi connectivity index (χ3n) is 4.93. The molecule has 29 heavy (non-hydrogen) atoms. The van der Waals surface area contributed by atoms with Crippen LogP contribution < -0.4 is 10.2 Å². The molecule has 4 rings (SSSR count). The van der Waals surface area contributed by atoms with Crippen molar-refractivity contribution in [2.24, 2.45) is 0 Å². The van der Waals surface area contributed by atoms with E-state index in [1.807, 2.05) is 73.1 Å². The third kappa shape index (κ3) is 3.91. The molecule has 1 N–H and O–H groups in total. The molecule has 0 saturated carbocycles. The van der Waals surface area contributed by atoms with Crippen LogP contribution in [0.3, 0.4) is 0 Å². The van der Waals surface area contributed by atoms with Crippen LogP contribution in [0.4, 0.5) is 11.4 Å². The number of aromatic nitrogens is 2. The van der Waals surface area contributed by atoms with Crippen molar-refractivity contribution in [3.8, 4) is 5.69 Å². The lowest BCUT2D eigenvalue weighted by molar-refractivity contribution is -0.117. The third-order valence-corrected chi connectivity index (χ3v) is 5.97. The lowest BCUT2D eigenvalue weighted by Crippen LogP contribution is -2.37. The first-order chi connectivity index (χ1) is 14.0. The Morgan fingerprint density at radius 1 is 1.10 bits per heavy atom. The Balaban J connectivity index is 1.46. The highest BCUT2D eigenvalue weighted by molar-refractivity contribution is 8.00. The van der Waals surface area contributed by atoms with E-state index in [2.05, 4.69) is 10.4 Å². The summed E-state index contributed by atoms with van der Waals surface area (Å²) in [6, 6.07) is 17.6. The van der Waals surface area contributed by atoms with Crippen LogP contribution in [0.5, 0.6) is 0 Å². The molecular weight excluding hydrogens is 384 g/mol. The standard InChI is InChI=1S/C22H22N4O2S/c1-15-22(16(2)26(24-15)17-8-4-3-5-9-17)23-20(27)12-13-25-18-10-6-7-11-19(18)29-14-21(25)28/h3-11H,12-14H2,1-2H3,(H,23,27). The average molecular weight is 407 g/mol. The first-order valence-corrected chi connectivity index (χ1v) is 10.5. The lowest BCUT2D eigenvalue weighted by Gasteiger charge is -2.28. The summed E-state index contributed by atoms with van der Waals surface area (Å²) in [5, 5.41) is 7.54. The zero-order valence-corrected chi connectivity index (χ0v) is 17.2. The maximum Gasteiger partial charge on any atom is 0.237 e. The number of benzene rings is 2. The molecule has 1 aliphatic rings. The van der Waals surface area contributed by atoms with E-state index in [0.717, 1.165) is 33.3 Å². The van der Waals surface area contributed by atoms with Gasteiger partial charge in [0.1, 0.15) is 0 Å². The Hall–Kier alpha value is -3.06. The molecule has 3 aromatic rings. The highest BCUT2D eigenvalue weighted by atomic mass is 32.2. The largest absolute Gasteiger partial charge is 0.323 e. The molecule has 2 aromatic carbocycles. The summed E-state index contributed by atoms with van der Waals surface area (Å²) in [5.41, 5.74) is 4.18. The number of anilines is 2. The molecule has 0 spiro atoms. The molecule has 0 radical (unpaired) electrons. The van der Waals surface area contributed by atoms with Gasteiger partial charge in [-0.05, 0) is 38.1 Å². The summed E-state index contributed by atoms with van der Waals surface area (Å²) < 4.78 is 1.83. The van der Waals surface area contributed by atoms with Gasteiger partial charge in [-0.2, -0.15) is 5.10 Å². The topological polar surface area (TPSA) is 67.2 Å². The van der Waals surface area contributed by atoms with Crippen LogP contribution in [-0.4, -0.2) is 33.9 Å². The van der Waals surface area contributed by atoms with E-state index in [-0.39, 0.29) is 18.2 Å². The van der Waals surface area contributed by atoms with Crippen LogP contribution in [0.15, 0.2) is 59.5 Å². The van der Waals surface area contributed by atoms with Crippen LogP contribution in [-0.2, 0) is 9.59 Å². The van der Waals surface area contributed by atoms with Gasteiger partial charge in [-0.3, -0.25) is 9.59 Å². The number of carbonyl (C=O) groups excluding carboxylic acids is 2. The molecule has 1 aromatic heterocycles. The summed E-state index contributed by atoms with van der Waals surface area (Å²) in [4.78, 5) is 27.8. The fraction of sp³-hybridized carbons (Fsp3) is 0.227. The number of thioether (sulfide) groups is 1. The quantitative estimate of drug-likeness (QED) is 0.697. The van der Waals surface area contributed by atoms with Gasteiger partial charge in [-0.1, -0.05) is 30.3 Å². The van der Waals surface area contributed by atoms with Crippen LogP contribution in [0.2, 0.25) is 0 Å². The normalized spacial score (nSPS) is 13.3. The first-order valence-electron chi connectivity index (χ1n) is 9.48. The number of para-hydroxylation sites is 2. The number of amides is 2. The molecule has 0 saturated heterocycles. The van der Waals surface area contributed by atoms with Crippen molar-refractivity contribution in [1.82, 2.24) is 9.78 Å². The monoisotopic (exact) mass is 406 g/mol. The Kier molecular flexibility index (Phi) is 5.40. The second kappa shape index (κ2) is 8.13. The van der Waals surface area contributed by atoms with Crippen LogP contribution in [0, 0.1) is 13.8 Å². The van der Waals surface area contributed by atoms with Gasteiger partial charge in [0, 0.05) is 17.9 Å². The highest BCUT2D eigenvalue weighted by Crippen LogP contribution is 2.35. The number of nitrogens with zero attached hydrogens (tertiary/aromatic N) is 3. The van der Waals surface area contributed by atoms with Crippen LogP contribution in [0.1, 0.15) is 17.8 Å². The molecule has 148 valence electrons. The summed E-state index contributed by atoms with van der Waals surface area (Å²) in [6.07, 6.45) is 0.222. The number of aryl methyl sites for hydroxylation is 1. The molecule has 6 nitrogen and oxygen atoms in total. The predicted molar refractivity (Wildman–Crippen MR) is 116 cm³/mol. The Bertz CT molecular complexity index is 1060. The SMILES string of the molecule is Cc1nn(-c2ccccc2)c(C)c1NC(=O)CCN1C(=O)CSc2ccccc21. The number of nitrogens with one attached hydrogen (secondary N) is 1. The van der Waals surface area contributed by atoms with Gasteiger partial charge in [0.2, 0.25) is 11.8 Å². The Labute approximate surface area is 173 Å². The van der Waals surface area contributed by atoms with Crippen molar-refractivity contribution in [3.63, 3.8) is 0 Å². The summed E-state index contributed by atoms with van der Waals surface area (Å²) >= 11 is 1.54. The number of carbonyl (C=O) groups is 2. The van der Waals surface area contributed by atoms with Crippen molar-refractivity contribution >= 4 is 35.0 Å². The van der Waals surface area contributed by atoms with Gasteiger partial charge < -0.3 is 10.2 Å². The van der Waals surface area contributed by atoms with E-state index in [4.69, 9.17) is 0 Å². The van der Waals surface area contributed by atoms with Crippen molar-refractivity contribution < 1.29 is 9.59 Å². The zero-order chi connectivity index (χ0) is 20.4. The van der Waals surface area contributed by atoms with E-state index in [9.17, 15) is 9.59 Å². The Morgan fingerprint density at radius 3 is 2.62 bits per heavy atom. The summed E-state index contributed by atoms with van der Waals surface area (Å²) in [7, 11) is 0. The Morgan fingerprint density at radius 2 is 1.83 bits per heavy atom. The number of rotatable bonds is 5. The molecule has 2 amide bonds. The second-order valence-corrected chi connectivity index (χ2v) is 7.91. The average Bonchev–Trinajstić information content (AvgIpc) is 3.02. The smallest absolute Gasteiger partial charge is 0.237 e. The van der Waals surface area contributed by atoms with E-state index >= 15 is 0 Å². The molecule has 0 fully saturated rings. The number of hydrogen-bond acceptors (Lipinski definition) is 4. The summed E-state index contributed by atoms with van der Waals surface area (Å²) in [5.74, 6) is 0.304. The van der Waals surface area contributed by atoms with E-state index < -0.39 is 0 Å². The van der Waals surface area contributed by atoms with Gasteiger partial charge in [0.25, 0.3) is 0 Å². The van der Waals surface area contributed by atoms with Gasteiger partial charge in [-0.15, -0.1) is 11.8 Å². The van der Waals surface area contributed by atoms with E-state index in [0.29, 0.717) is 12.3 Å². The maximum atomic E-state index is 12.6. The summed E-state index contributed by atoms with van der Waals surface area (Å²) in [6.45, 7) is 4.17. The minimum atomic E-state index is -0.132. The molecule has 1 aliphatic heterocycles. The van der Waals surface area contributed by atoms with E-state index in [1.165, 1.54) is 11.8 Å². The minimum absolute atomic E-state index is 0.0331.